The summed E-state index contributed by atoms with van der Waals surface area (Å²) in [7, 11) is 2.15. The molecule has 0 bridgehead atoms. The van der Waals surface area contributed by atoms with E-state index in [1.54, 1.807) is 0 Å². The van der Waals surface area contributed by atoms with Crippen LogP contribution >= 0.6 is 0 Å². The second-order valence-corrected chi connectivity index (χ2v) is 4.52. The minimum atomic E-state index is 0.149. The highest BCUT2D eigenvalue weighted by atomic mass is 15.1. The number of benzene rings is 1. The zero-order valence-electron chi connectivity index (χ0n) is 9.98. The van der Waals surface area contributed by atoms with Crippen LogP contribution in [0.15, 0.2) is 24.3 Å². The van der Waals surface area contributed by atoms with E-state index in [2.05, 4.69) is 48.0 Å². The van der Waals surface area contributed by atoms with Gasteiger partial charge in [0.2, 0.25) is 6.04 Å². The smallest absolute Gasteiger partial charge is 0.229 e. The molecule has 1 aromatic carbocycles. The number of fused-ring (bicyclic) bond motifs is 1. The molecule has 0 saturated carbocycles. The Labute approximate surface area is 97.7 Å². The maximum atomic E-state index is 7.27. The van der Waals surface area contributed by atoms with Gasteiger partial charge in [-0.15, -0.1) is 0 Å². The molecule has 0 N–H and O–H groups in total. The van der Waals surface area contributed by atoms with Gasteiger partial charge in [0.1, 0.15) is 0 Å². The highest BCUT2D eigenvalue weighted by molar-refractivity contribution is 5.55. The van der Waals surface area contributed by atoms with E-state index in [4.69, 9.17) is 6.57 Å². The van der Waals surface area contributed by atoms with E-state index in [9.17, 15) is 0 Å². The summed E-state index contributed by atoms with van der Waals surface area (Å²) in [6.45, 7) is 9.48. The topological polar surface area (TPSA) is 7.60 Å². The largest absolute Gasteiger partial charge is 0.371 e. The third-order valence-corrected chi connectivity index (χ3v) is 3.57. The molecule has 0 saturated heterocycles. The van der Waals surface area contributed by atoms with Gasteiger partial charge >= 0.3 is 0 Å². The van der Waals surface area contributed by atoms with Crippen molar-refractivity contribution in [3.05, 3.63) is 41.2 Å². The number of hydrogen-bond donors (Lipinski definition) is 0. The van der Waals surface area contributed by atoms with E-state index in [0.717, 1.165) is 19.3 Å². The SMILES string of the molecule is [C-]#[N+]C1Cc2ccccc2N(C)C(CC)C1. The van der Waals surface area contributed by atoms with Crippen LogP contribution in [0, 0.1) is 6.57 Å². The first-order valence-electron chi connectivity index (χ1n) is 5.93. The Hall–Kier alpha value is -1.49. The molecule has 0 aliphatic carbocycles. The standard InChI is InChI=1S/C14H18N2/c1-4-13-10-12(15-2)9-11-7-5-6-8-14(11)16(13)3/h5-8,12-13H,4,9-10H2,1,3H3. The van der Waals surface area contributed by atoms with Crippen LogP contribution < -0.4 is 4.90 Å². The van der Waals surface area contributed by atoms with Crippen LogP contribution in [0.3, 0.4) is 0 Å². The fourth-order valence-electron chi connectivity index (χ4n) is 2.57. The summed E-state index contributed by atoms with van der Waals surface area (Å²) in [6.07, 6.45) is 3.00. The van der Waals surface area contributed by atoms with Crippen molar-refractivity contribution in [1.29, 1.82) is 0 Å². The molecule has 2 atom stereocenters. The molecular formula is C14H18N2. The van der Waals surface area contributed by atoms with E-state index in [1.807, 2.05) is 0 Å². The molecule has 0 amide bonds. The second-order valence-electron chi connectivity index (χ2n) is 4.52. The maximum absolute atomic E-state index is 7.27. The molecule has 84 valence electrons. The highest BCUT2D eigenvalue weighted by Crippen LogP contribution is 2.30. The predicted octanol–water partition coefficient (Wildman–Crippen LogP) is 3.14. The molecule has 2 nitrogen and oxygen atoms in total. The summed E-state index contributed by atoms with van der Waals surface area (Å²) in [5, 5.41) is 0. The molecule has 0 spiro atoms. The fraction of sp³-hybridized carbons (Fsp3) is 0.500. The van der Waals surface area contributed by atoms with Gasteiger partial charge in [-0.25, -0.2) is 6.57 Å². The zero-order chi connectivity index (χ0) is 11.5. The summed E-state index contributed by atoms with van der Waals surface area (Å²) in [5.74, 6) is 0. The average molecular weight is 214 g/mol. The molecule has 2 unspecified atom stereocenters. The molecule has 0 radical (unpaired) electrons. The lowest BCUT2D eigenvalue weighted by Crippen LogP contribution is -2.31. The van der Waals surface area contributed by atoms with Crippen molar-refractivity contribution in [2.24, 2.45) is 0 Å². The Balaban J connectivity index is 2.40. The first-order chi connectivity index (χ1) is 7.76. The first kappa shape index (κ1) is 11.0. The predicted molar refractivity (Wildman–Crippen MR) is 67.6 cm³/mol. The lowest BCUT2D eigenvalue weighted by atomic mass is 10.0. The van der Waals surface area contributed by atoms with Crippen LogP contribution in [0.5, 0.6) is 0 Å². The number of para-hydroxylation sites is 1. The molecule has 16 heavy (non-hydrogen) atoms. The normalized spacial score (nSPS) is 24.4. The summed E-state index contributed by atoms with van der Waals surface area (Å²) in [4.78, 5) is 6.11. The zero-order valence-corrected chi connectivity index (χ0v) is 9.98. The van der Waals surface area contributed by atoms with Crippen molar-refractivity contribution in [1.82, 2.24) is 0 Å². The minimum absolute atomic E-state index is 0.149. The van der Waals surface area contributed by atoms with Crippen LogP contribution in [0.4, 0.5) is 5.69 Å². The van der Waals surface area contributed by atoms with Gasteiger partial charge in [0.05, 0.1) is 0 Å². The van der Waals surface area contributed by atoms with E-state index in [1.165, 1.54) is 11.3 Å². The Morgan fingerprint density at radius 1 is 1.44 bits per heavy atom. The summed E-state index contributed by atoms with van der Waals surface area (Å²) >= 11 is 0. The van der Waals surface area contributed by atoms with Crippen LogP contribution in [-0.2, 0) is 6.42 Å². The Kier molecular flexibility index (Phi) is 3.14. The van der Waals surface area contributed by atoms with Crippen LogP contribution in [0.1, 0.15) is 25.3 Å². The van der Waals surface area contributed by atoms with Crippen molar-refractivity contribution in [2.45, 2.75) is 38.3 Å². The van der Waals surface area contributed by atoms with Crippen molar-refractivity contribution in [3.8, 4) is 0 Å². The Bertz CT molecular complexity index is 405. The Morgan fingerprint density at radius 2 is 2.19 bits per heavy atom. The molecule has 2 rings (SSSR count). The summed E-state index contributed by atoms with van der Waals surface area (Å²) in [5.41, 5.74) is 2.63. The van der Waals surface area contributed by atoms with Gasteiger partial charge in [-0.3, -0.25) is 0 Å². The first-order valence-corrected chi connectivity index (χ1v) is 5.93. The van der Waals surface area contributed by atoms with Crippen molar-refractivity contribution >= 4 is 5.69 Å². The van der Waals surface area contributed by atoms with Crippen molar-refractivity contribution in [3.63, 3.8) is 0 Å². The van der Waals surface area contributed by atoms with Gasteiger partial charge in [0.15, 0.2) is 0 Å². The molecule has 2 heteroatoms. The molecule has 1 heterocycles. The fourth-order valence-corrected chi connectivity index (χ4v) is 2.57. The van der Waals surface area contributed by atoms with Gasteiger partial charge in [-0.2, -0.15) is 0 Å². The molecule has 1 aromatic rings. The van der Waals surface area contributed by atoms with Gasteiger partial charge in [-0.05, 0) is 18.1 Å². The summed E-state index contributed by atoms with van der Waals surface area (Å²) in [6, 6.07) is 9.13. The van der Waals surface area contributed by atoms with E-state index in [0.29, 0.717) is 6.04 Å². The molecule has 1 aliphatic heterocycles. The van der Waals surface area contributed by atoms with Gasteiger partial charge in [-0.1, -0.05) is 25.1 Å². The Morgan fingerprint density at radius 3 is 2.88 bits per heavy atom. The van der Waals surface area contributed by atoms with Gasteiger partial charge in [0, 0.05) is 31.6 Å². The lowest BCUT2D eigenvalue weighted by Gasteiger charge is -2.27. The quantitative estimate of drug-likeness (QED) is 0.652. The third-order valence-electron chi connectivity index (χ3n) is 3.57. The molecule has 1 aliphatic rings. The second kappa shape index (κ2) is 4.57. The number of anilines is 1. The van der Waals surface area contributed by atoms with E-state index >= 15 is 0 Å². The molecule has 0 fully saturated rings. The number of nitrogens with zero attached hydrogens (tertiary/aromatic N) is 2. The van der Waals surface area contributed by atoms with Gasteiger partial charge < -0.3 is 9.74 Å². The lowest BCUT2D eigenvalue weighted by molar-refractivity contribution is 0.540. The van der Waals surface area contributed by atoms with Crippen LogP contribution in [0.2, 0.25) is 0 Å². The van der Waals surface area contributed by atoms with Crippen LogP contribution in [-0.4, -0.2) is 19.1 Å². The maximum Gasteiger partial charge on any atom is 0.229 e. The highest BCUT2D eigenvalue weighted by Gasteiger charge is 2.28. The van der Waals surface area contributed by atoms with Crippen molar-refractivity contribution < 1.29 is 0 Å². The van der Waals surface area contributed by atoms with Crippen LogP contribution in [0.25, 0.3) is 4.85 Å². The van der Waals surface area contributed by atoms with Crippen molar-refractivity contribution in [2.75, 3.05) is 11.9 Å². The monoisotopic (exact) mass is 214 g/mol. The van der Waals surface area contributed by atoms with E-state index < -0.39 is 0 Å². The van der Waals surface area contributed by atoms with Gasteiger partial charge in [0.25, 0.3) is 0 Å². The molecule has 0 aromatic heterocycles. The van der Waals surface area contributed by atoms with E-state index in [-0.39, 0.29) is 6.04 Å². The third kappa shape index (κ3) is 1.90. The number of rotatable bonds is 1. The summed E-state index contributed by atoms with van der Waals surface area (Å²) < 4.78 is 0. The number of hydrogen-bond acceptors (Lipinski definition) is 1. The average Bonchev–Trinajstić information content (AvgIpc) is 2.47. The minimum Gasteiger partial charge on any atom is -0.371 e. The molecular weight excluding hydrogens is 196 g/mol.